The summed E-state index contributed by atoms with van der Waals surface area (Å²) in [4.78, 5) is 14.0. The summed E-state index contributed by atoms with van der Waals surface area (Å²) in [5, 5.41) is 0. The highest BCUT2D eigenvalue weighted by molar-refractivity contribution is 7.89. The molecular formula is C18H27FN2O4S. The number of rotatable bonds is 11. The van der Waals surface area contributed by atoms with Crippen molar-refractivity contribution in [2.45, 2.75) is 37.6 Å². The van der Waals surface area contributed by atoms with Crippen molar-refractivity contribution in [2.75, 3.05) is 26.8 Å². The van der Waals surface area contributed by atoms with E-state index in [-0.39, 0.29) is 24.1 Å². The van der Waals surface area contributed by atoms with Gasteiger partial charge in [-0.25, -0.2) is 17.5 Å². The van der Waals surface area contributed by atoms with E-state index in [0.717, 1.165) is 25.0 Å². The first-order valence-corrected chi connectivity index (χ1v) is 10.0. The first-order chi connectivity index (χ1) is 12.3. The van der Waals surface area contributed by atoms with Crippen LogP contribution < -0.4 is 4.72 Å². The lowest BCUT2D eigenvalue weighted by Crippen LogP contribution is -2.42. The van der Waals surface area contributed by atoms with Gasteiger partial charge in [0, 0.05) is 31.8 Å². The van der Waals surface area contributed by atoms with Gasteiger partial charge in [-0.3, -0.25) is 4.79 Å². The first kappa shape index (κ1) is 22.3. The largest absolute Gasteiger partial charge is 0.383 e. The van der Waals surface area contributed by atoms with Crippen LogP contribution in [0.25, 0.3) is 0 Å². The third-order valence-electron chi connectivity index (χ3n) is 4.07. The molecule has 8 heteroatoms. The lowest BCUT2D eigenvalue weighted by molar-refractivity contribution is 0.0589. The number of halogens is 1. The third-order valence-corrected chi connectivity index (χ3v) is 5.50. The summed E-state index contributed by atoms with van der Waals surface area (Å²) in [5.41, 5.74) is 0.119. The Hall–Kier alpha value is -1.77. The molecule has 1 amide bonds. The van der Waals surface area contributed by atoms with Crippen molar-refractivity contribution >= 4 is 15.9 Å². The van der Waals surface area contributed by atoms with Gasteiger partial charge in [0.1, 0.15) is 10.7 Å². The van der Waals surface area contributed by atoms with Gasteiger partial charge in [0.25, 0.3) is 5.91 Å². The van der Waals surface area contributed by atoms with Crippen molar-refractivity contribution in [3.8, 4) is 0 Å². The molecule has 0 radical (unpaired) electrons. The van der Waals surface area contributed by atoms with Gasteiger partial charge in [0.15, 0.2) is 0 Å². The predicted octanol–water partition coefficient (Wildman–Crippen LogP) is 2.57. The average Bonchev–Trinajstić information content (AvgIpc) is 2.63. The van der Waals surface area contributed by atoms with Crippen molar-refractivity contribution in [2.24, 2.45) is 0 Å². The fraction of sp³-hybridized carbons (Fsp3) is 0.500. The number of sulfonamides is 1. The second-order valence-electron chi connectivity index (χ2n) is 5.75. The topological polar surface area (TPSA) is 75.7 Å². The molecule has 0 fully saturated rings. The summed E-state index contributed by atoms with van der Waals surface area (Å²) in [5.74, 6) is -1.26. The average molecular weight is 386 g/mol. The molecule has 0 unspecified atom stereocenters. The van der Waals surface area contributed by atoms with E-state index in [9.17, 15) is 17.6 Å². The summed E-state index contributed by atoms with van der Waals surface area (Å²) in [6.07, 6.45) is 2.85. The summed E-state index contributed by atoms with van der Waals surface area (Å²) in [6, 6.07) is 3.36. The van der Waals surface area contributed by atoms with Gasteiger partial charge in [-0.05, 0) is 31.0 Å². The number of benzene rings is 1. The summed E-state index contributed by atoms with van der Waals surface area (Å²) >= 11 is 0. The molecule has 1 aromatic rings. The Morgan fingerprint density at radius 2 is 2.04 bits per heavy atom. The van der Waals surface area contributed by atoms with E-state index in [1.165, 1.54) is 12.1 Å². The van der Waals surface area contributed by atoms with Crippen molar-refractivity contribution in [1.82, 2.24) is 9.62 Å². The number of carbonyl (C=O) groups excluding carboxylic acids is 1. The molecule has 0 saturated heterocycles. The van der Waals surface area contributed by atoms with E-state index < -0.39 is 20.7 Å². The smallest absolute Gasteiger partial charge is 0.254 e. The van der Waals surface area contributed by atoms with Crippen LogP contribution in [-0.2, 0) is 14.8 Å². The molecule has 6 nitrogen and oxygen atoms in total. The van der Waals surface area contributed by atoms with Gasteiger partial charge in [-0.1, -0.05) is 19.9 Å². The molecular weight excluding hydrogens is 359 g/mol. The highest BCUT2D eigenvalue weighted by Crippen LogP contribution is 2.20. The van der Waals surface area contributed by atoms with Crippen LogP contribution in [0.3, 0.4) is 0 Å². The molecule has 0 bridgehead atoms. The number of carbonyl (C=O) groups is 1. The quantitative estimate of drug-likeness (QED) is 0.593. The maximum atomic E-state index is 14.1. The van der Waals surface area contributed by atoms with Crippen LogP contribution in [-0.4, -0.2) is 52.1 Å². The van der Waals surface area contributed by atoms with Gasteiger partial charge in [-0.2, -0.15) is 0 Å². The van der Waals surface area contributed by atoms with E-state index >= 15 is 0 Å². The molecule has 0 heterocycles. The van der Waals surface area contributed by atoms with Crippen LogP contribution in [0.2, 0.25) is 0 Å². The van der Waals surface area contributed by atoms with E-state index in [1.54, 1.807) is 12.0 Å². The lowest BCUT2D eigenvalue weighted by atomic mass is 10.1. The fourth-order valence-corrected chi connectivity index (χ4v) is 3.72. The number of hydrogen-bond acceptors (Lipinski definition) is 4. The van der Waals surface area contributed by atoms with Gasteiger partial charge in [0.05, 0.1) is 6.61 Å². The van der Waals surface area contributed by atoms with Crippen LogP contribution in [0.4, 0.5) is 4.39 Å². The molecule has 0 atom stereocenters. The van der Waals surface area contributed by atoms with Gasteiger partial charge in [-0.15, -0.1) is 6.58 Å². The van der Waals surface area contributed by atoms with Crippen molar-refractivity contribution in [3.05, 3.63) is 42.2 Å². The van der Waals surface area contributed by atoms with Crippen LogP contribution in [0.5, 0.6) is 0 Å². The number of amides is 1. The molecule has 1 aromatic carbocycles. The van der Waals surface area contributed by atoms with E-state index in [0.29, 0.717) is 13.2 Å². The standard InChI is InChI=1S/C18H27FN2O4S/c1-5-10-20-26(23,24)17-13-14(8-9-16(17)19)18(22)21(11-12-25-4)15(6-2)7-3/h5,8-9,13,15,20H,1,6-7,10-12H2,2-4H3. The molecule has 146 valence electrons. The lowest BCUT2D eigenvalue weighted by Gasteiger charge is -2.30. The second-order valence-corrected chi connectivity index (χ2v) is 7.48. The number of nitrogens with one attached hydrogen (secondary N) is 1. The van der Waals surface area contributed by atoms with Crippen LogP contribution >= 0.6 is 0 Å². The van der Waals surface area contributed by atoms with Gasteiger partial charge >= 0.3 is 0 Å². The Labute approximate surface area is 155 Å². The summed E-state index contributed by atoms with van der Waals surface area (Å²) < 4.78 is 45.8. The molecule has 0 spiro atoms. The Kier molecular flexibility index (Phi) is 8.91. The van der Waals surface area contributed by atoms with Gasteiger partial charge in [0.2, 0.25) is 10.0 Å². The molecule has 1 N–H and O–H groups in total. The Balaban J connectivity index is 3.25. The zero-order chi connectivity index (χ0) is 19.7. The SMILES string of the molecule is C=CCNS(=O)(=O)c1cc(C(=O)N(CCOC)C(CC)CC)ccc1F. The molecule has 0 aliphatic heterocycles. The highest BCUT2D eigenvalue weighted by atomic mass is 32.2. The minimum Gasteiger partial charge on any atom is -0.383 e. The number of hydrogen-bond donors (Lipinski definition) is 1. The van der Waals surface area contributed by atoms with E-state index in [1.807, 2.05) is 13.8 Å². The molecule has 1 rings (SSSR count). The predicted molar refractivity (Wildman–Crippen MR) is 99.1 cm³/mol. The third kappa shape index (κ3) is 5.62. The number of nitrogens with zero attached hydrogens (tertiary/aromatic N) is 1. The van der Waals surface area contributed by atoms with Crippen molar-refractivity contribution in [3.63, 3.8) is 0 Å². The van der Waals surface area contributed by atoms with E-state index in [2.05, 4.69) is 11.3 Å². The number of methoxy groups -OCH3 is 1. The minimum absolute atomic E-state index is 0.0124. The maximum Gasteiger partial charge on any atom is 0.254 e. The fourth-order valence-electron chi connectivity index (χ4n) is 2.62. The molecule has 0 aromatic heterocycles. The Morgan fingerprint density at radius 1 is 1.38 bits per heavy atom. The van der Waals surface area contributed by atoms with Crippen LogP contribution in [0.1, 0.15) is 37.0 Å². The molecule has 0 aliphatic carbocycles. The monoisotopic (exact) mass is 386 g/mol. The zero-order valence-electron chi connectivity index (χ0n) is 15.5. The molecule has 0 saturated carbocycles. The summed E-state index contributed by atoms with van der Waals surface area (Å²) in [7, 11) is -2.53. The van der Waals surface area contributed by atoms with Crippen LogP contribution in [0, 0.1) is 5.82 Å². The first-order valence-electron chi connectivity index (χ1n) is 8.52. The Morgan fingerprint density at radius 3 is 2.58 bits per heavy atom. The van der Waals surface area contributed by atoms with Gasteiger partial charge < -0.3 is 9.64 Å². The van der Waals surface area contributed by atoms with Crippen LogP contribution in [0.15, 0.2) is 35.7 Å². The van der Waals surface area contributed by atoms with E-state index in [4.69, 9.17) is 4.74 Å². The minimum atomic E-state index is -4.07. The maximum absolute atomic E-state index is 14.1. The molecule has 26 heavy (non-hydrogen) atoms. The normalized spacial score (nSPS) is 11.6. The van der Waals surface area contributed by atoms with Crippen molar-refractivity contribution < 1.29 is 22.3 Å². The highest BCUT2D eigenvalue weighted by Gasteiger charge is 2.25. The number of ether oxygens (including phenoxy) is 1. The van der Waals surface area contributed by atoms with Crippen molar-refractivity contribution in [1.29, 1.82) is 0 Å². The molecule has 0 aliphatic rings. The second kappa shape index (κ2) is 10.4. The Bertz CT molecular complexity index is 718. The summed E-state index contributed by atoms with van der Waals surface area (Å²) in [6.45, 7) is 8.06. The zero-order valence-corrected chi connectivity index (χ0v) is 16.3.